The van der Waals surface area contributed by atoms with Gasteiger partial charge in [-0.05, 0) is 18.2 Å². The zero-order valence-corrected chi connectivity index (χ0v) is 8.73. The second-order valence-corrected chi connectivity index (χ2v) is 2.79. The molecule has 0 saturated heterocycles. The Morgan fingerprint density at radius 2 is 1.80 bits per heavy atom. The molecule has 80 valence electrons. The number of nitrogens with zero attached hydrogens (tertiary/aromatic N) is 1. The van der Waals surface area contributed by atoms with E-state index >= 15 is 0 Å². The zero-order valence-electron chi connectivity index (χ0n) is 8.73. The van der Waals surface area contributed by atoms with Crippen LogP contribution in [0.4, 0.5) is 0 Å². The Bertz CT molecular complexity index is 363. The maximum atomic E-state index is 8.74. The van der Waals surface area contributed by atoms with Crippen LogP contribution in [0.1, 0.15) is 5.56 Å². The second kappa shape index (κ2) is 5.05. The lowest BCUT2D eigenvalue weighted by atomic mass is 10.1. The van der Waals surface area contributed by atoms with Gasteiger partial charge in [-0.15, -0.1) is 0 Å². The van der Waals surface area contributed by atoms with Gasteiger partial charge in [0, 0.05) is 11.6 Å². The van der Waals surface area contributed by atoms with Crippen molar-refractivity contribution < 1.29 is 14.7 Å². The minimum absolute atomic E-state index is 0.368. The molecule has 1 N–H and O–H groups in total. The van der Waals surface area contributed by atoms with E-state index in [-0.39, 0.29) is 0 Å². The average Bonchev–Trinajstić information content (AvgIpc) is 2.30. The highest BCUT2D eigenvalue weighted by Gasteiger charge is 2.05. The molecule has 0 aromatic heterocycles. The van der Waals surface area contributed by atoms with Crippen LogP contribution in [0.2, 0.25) is 0 Å². The van der Waals surface area contributed by atoms with Crippen LogP contribution in [-0.2, 0) is 0 Å². The highest BCUT2D eigenvalue weighted by molar-refractivity contribution is 6.08. The molecule has 0 aliphatic rings. The van der Waals surface area contributed by atoms with E-state index in [1.54, 1.807) is 32.4 Å². The third-order valence-electron chi connectivity index (χ3n) is 1.95. The van der Waals surface area contributed by atoms with Crippen LogP contribution < -0.4 is 9.47 Å². The Morgan fingerprint density at radius 3 is 2.13 bits per heavy atom. The van der Waals surface area contributed by atoms with Crippen LogP contribution in [0.25, 0.3) is 0 Å². The minimum atomic E-state index is 0.368. The Kier molecular flexibility index (Phi) is 3.74. The van der Waals surface area contributed by atoms with Crippen molar-refractivity contribution >= 4 is 5.71 Å². The molecule has 0 aliphatic heterocycles. The molecular formula is C11H13NO3. The molecule has 0 bridgehead atoms. The van der Waals surface area contributed by atoms with Crippen molar-refractivity contribution in [2.45, 2.75) is 0 Å². The number of oxime groups is 1. The smallest absolute Gasteiger partial charge is 0.123 e. The quantitative estimate of drug-likeness (QED) is 0.467. The number of methoxy groups -OCH3 is 2. The lowest BCUT2D eigenvalue weighted by Gasteiger charge is -2.07. The summed E-state index contributed by atoms with van der Waals surface area (Å²) < 4.78 is 10.2. The molecule has 1 aromatic carbocycles. The predicted octanol–water partition coefficient (Wildman–Crippen LogP) is 2.07. The first-order chi connectivity index (χ1) is 7.24. The fourth-order valence-corrected chi connectivity index (χ4v) is 1.17. The maximum Gasteiger partial charge on any atom is 0.123 e. The zero-order chi connectivity index (χ0) is 11.3. The minimum Gasteiger partial charge on any atom is -0.497 e. The summed E-state index contributed by atoms with van der Waals surface area (Å²) in [6, 6.07) is 5.21. The second-order valence-electron chi connectivity index (χ2n) is 2.79. The van der Waals surface area contributed by atoms with E-state index in [0.29, 0.717) is 22.8 Å². The van der Waals surface area contributed by atoms with Crippen molar-refractivity contribution in [2.75, 3.05) is 14.2 Å². The van der Waals surface area contributed by atoms with Crippen LogP contribution in [0.15, 0.2) is 36.0 Å². The first kappa shape index (κ1) is 11.1. The van der Waals surface area contributed by atoms with Gasteiger partial charge in [-0.25, -0.2) is 0 Å². The van der Waals surface area contributed by atoms with Gasteiger partial charge in [-0.3, -0.25) is 0 Å². The Hall–Kier alpha value is -1.97. The number of hydrogen-bond donors (Lipinski definition) is 1. The lowest BCUT2D eigenvalue weighted by Crippen LogP contribution is -1.98. The highest BCUT2D eigenvalue weighted by Crippen LogP contribution is 2.23. The molecule has 0 fully saturated rings. The number of rotatable bonds is 4. The van der Waals surface area contributed by atoms with E-state index in [1.165, 1.54) is 6.08 Å². The van der Waals surface area contributed by atoms with E-state index in [4.69, 9.17) is 14.7 Å². The monoisotopic (exact) mass is 207 g/mol. The van der Waals surface area contributed by atoms with Crippen molar-refractivity contribution in [3.63, 3.8) is 0 Å². The fourth-order valence-electron chi connectivity index (χ4n) is 1.17. The Labute approximate surface area is 88.4 Å². The maximum absolute atomic E-state index is 8.74. The highest BCUT2D eigenvalue weighted by atomic mass is 16.5. The fraction of sp³-hybridized carbons (Fsp3) is 0.182. The van der Waals surface area contributed by atoms with Crippen LogP contribution in [0.3, 0.4) is 0 Å². The van der Waals surface area contributed by atoms with Crippen molar-refractivity contribution in [3.8, 4) is 11.5 Å². The van der Waals surface area contributed by atoms with Gasteiger partial charge in [0.05, 0.1) is 14.2 Å². The van der Waals surface area contributed by atoms with E-state index in [9.17, 15) is 0 Å². The molecule has 0 amide bonds. The molecule has 1 rings (SSSR count). The summed E-state index contributed by atoms with van der Waals surface area (Å²) in [6.07, 6.45) is 1.45. The molecule has 15 heavy (non-hydrogen) atoms. The summed E-state index contributed by atoms with van der Waals surface area (Å²) in [5.41, 5.74) is 1.05. The van der Waals surface area contributed by atoms with Gasteiger partial charge < -0.3 is 14.7 Å². The van der Waals surface area contributed by atoms with Gasteiger partial charge in [0.2, 0.25) is 0 Å². The summed E-state index contributed by atoms with van der Waals surface area (Å²) in [7, 11) is 3.12. The molecule has 0 aliphatic carbocycles. The number of hydrogen-bond acceptors (Lipinski definition) is 4. The summed E-state index contributed by atoms with van der Waals surface area (Å²) in [5.74, 6) is 1.26. The lowest BCUT2D eigenvalue weighted by molar-refractivity contribution is 0.320. The van der Waals surface area contributed by atoms with Crippen LogP contribution in [-0.4, -0.2) is 25.1 Å². The Morgan fingerprint density at radius 1 is 1.27 bits per heavy atom. The van der Waals surface area contributed by atoms with Gasteiger partial charge in [-0.2, -0.15) is 0 Å². The largest absolute Gasteiger partial charge is 0.497 e. The molecule has 4 nitrogen and oxygen atoms in total. The van der Waals surface area contributed by atoms with E-state index < -0.39 is 0 Å². The van der Waals surface area contributed by atoms with Gasteiger partial charge >= 0.3 is 0 Å². The topological polar surface area (TPSA) is 51.1 Å². The summed E-state index contributed by atoms with van der Waals surface area (Å²) in [4.78, 5) is 0. The first-order valence-electron chi connectivity index (χ1n) is 4.33. The van der Waals surface area contributed by atoms with Gasteiger partial charge in [0.25, 0.3) is 0 Å². The number of allylic oxidation sites excluding steroid dienone is 1. The van der Waals surface area contributed by atoms with E-state index in [1.807, 2.05) is 0 Å². The van der Waals surface area contributed by atoms with E-state index in [2.05, 4.69) is 11.7 Å². The van der Waals surface area contributed by atoms with Gasteiger partial charge in [-0.1, -0.05) is 11.7 Å². The predicted molar refractivity (Wildman–Crippen MR) is 58.1 cm³/mol. The summed E-state index contributed by atoms with van der Waals surface area (Å²) in [5, 5.41) is 11.9. The third-order valence-corrected chi connectivity index (χ3v) is 1.95. The molecule has 0 heterocycles. The molecule has 1 aromatic rings. The SMILES string of the molecule is C=CC(=NO)c1cc(OC)cc(OC)c1. The molecular weight excluding hydrogens is 194 g/mol. The molecule has 4 heteroatoms. The molecule has 0 atom stereocenters. The van der Waals surface area contributed by atoms with E-state index in [0.717, 1.165) is 0 Å². The van der Waals surface area contributed by atoms with Crippen molar-refractivity contribution in [3.05, 3.63) is 36.4 Å². The first-order valence-corrected chi connectivity index (χ1v) is 4.33. The third kappa shape index (κ3) is 2.49. The van der Waals surface area contributed by atoms with Gasteiger partial charge in [0.15, 0.2) is 0 Å². The number of ether oxygens (including phenoxy) is 2. The molecule has 0 spiro atoms. The molecule has 0 radical (unpaired) electrons. The van der Waals surface area contributed by atoms with Crippen molar-refractivity contribution in [1.82, 2.24) is 0 Å². The standard InChI is InChI=1S/C11H13NO3/c1-4-11(12-13)8-5-9(14-2)7-10(6-8)15-3/h4-7,13H,1H2,2-3H3. The summed E-state index contributed by atoms with van der Waals surface area (Å²) in [6.45, 7) is 3.55. The molecule has 0 unspecified atom stereocenters. The summed E-state index contributed by atoms with van der Waals surface area (Å²) >= 11 is 0. The van der Waals surface area contributed by atoms with Gasteiger partial charge in [0.1, 0.15) is 17.2 Å². The average molecular weight is 207 g/mol. The normalized spacial score (nSPS) is 10.9. The number of benzene rings is 1. The van der Waals surface area contributed by atoms with Crippen LogP contribution >= 0.6 is 0 Å². The van der Waals surface area contributed by atoms with Crippen molar-refractivity contribution in [2.24, 2.45) is 5.16 Å². The van der Waals surface area contributed by atoms with Crippen molar-refractivity contribution in [1.29, 1.82) is 0 Å². The van der Waals surface area contributed by atoms with Crippen LogP contribution in [0.5, 0.6) is 11.5 Å². The van der Waals surface area contributed by atoms with Crippen LogP contribution in [0, 0.1) is 0 Å². The molecule has 0 saturated carbocycles. The Balaban J connectivity index is 3.23.